The maximum atomic E-state index is 12.2. The SMILES string of the molecule is CN(C(=O)CCC1CCCC1)C1CCCCC1Cl. The number of halogens is 1. The number of rotatable bonds is 4. The zero-order chi connectivity index (χ0) is 13.0. The molecule has 2 unspecified atom stereocenters. The average molecular weight is 272 g/mol. The molecular weight excluding hydrogens is 246 g/mol. The largest absolute Gasteiger partial charge is 0.341 e. The summed E-state index contributed by atoms with van der Waals surface area (Å²) < 4.78 is 0. The van der Waals surface area contributed by atoms with Crippen molar-refractivity contribution >= 4 is 17.5 Å². The first-order chi connectivity index (χ1) is 8.68. The van der Waals surface area contributed by atoms with Crippen LogP contribution in [0.5, 0.6) is 0 Å². The second kappa shape index (κ2) is 6.79. The van der Waals surface area contributed by atoms with Crippen LogP contribution in [0.1, 0.15) is 64.2 Å². The van der Waals surface area contributed by atoms with Crippen LogP contribution >= 0.6 is 11.6 Å². The number of carbonyl (C=O) groups is 1. The van der Waals surface area contributed by atoms with E-state index < -0.39 is 0 Å². The standard InChI is InChI=1S/C15H26ClNO/c1-17(14-9-5-4-8-13(14)16)15(18)11-10-12-6-2-3-7-12/h12-14H,2-11H2,1H3. The van der Waals surface area contributed by atoms with Crippen molar-refractivity contribution in [1.29, 1.82) is 0 Å². The fourth-order valence-electron chi connectivity index (χ4n) is 3.49. The molecule has 3 heteroatoms. The molecule has 104 valence electrons. The molecule has 0 aromatic carbocycles. The molecular formula is C15H26ClNO. The van der Waals surface area contributed by atoms with Gasteiger partial charge < -0.3 is 4.90 Å². The molecule has 0 aromatic rings. The summed E-state index contributed by atoms with van der Waals surface area (Å²) in [6.45, 7) is 0. The zero-order valence-electron chi connectivity index (χ0n) is 11.5. The highest BCUT2D eigenvalue weighted by Gasteiger charge is 2.29. The zero-order valence-corrected chi connectivity index (χ0v) is 12.3. The second-order valence-corrected chi connectivity index (χ2v) is 6.62. The number of hydrogen-bond acceptors (Lipinski definition) is 1. The van der Waals surface area contributed by atoms with Gasteiger partial charge in [-0.3, -0.25) is 4.79 Å². The summed E-state index contributed by atoms with van der Waals surface area (Å²) in [5.41, 5.74) is 0. The van der Waals surface area contributed by atoms with E-state index >= 15 is 0 Å². The number of amides is 1. The van der Waals surface area contributed by atoms with E-state index in [2.05, 4.69) is 0 Å². The summed E-state index contributed by atoms with van der Waals surface area (Å²) in [6, 6.07) is 0.275. The molecule has 0 radical (unpaired) electrons. The van der Waals surface area contributed by atoms with Crippen LogP contribution in [0.2, 0.25) is 0 Å². The van der Waals surface area contributed by atoms with Gasteiger partial charge in [0.2, 0.25) is 5.91 Å². The Bertz CT molecular complexity index is 276. The quantitative estimate of drug-likeness (QED) is 0.709. The molecule has 0 N–H and O–H groups in total. The van der Waals surface area contributed by atoms with Gasteiger partial charge in [-0.2, -0.15) is 0 Å². The smallest absolute Gasteiger partial charge is 0.222 e. The highest BCUT2D eigenvalue weighted by atomic mass is 35.5. The minimum Gasteiger partial charge on any atom is -0.341 e. The Labute approximate surface area is 116 Å². The lowest BCUT2D eigenvalue weighted by Gasteiger charge is -2.35. The van der Waals surface area contributed by atoms with Crippen LogP contribution in [0, 0.1) is 5.92 Å². The monoisotopic (exact) mass is 271 g/mol. The average Bonchev–Trinajstić information content (AvgIpc) is 2.89. The highest BCUT2D eigenvalue weighted by molar-refractivity contribution is 6.21. The third-order valence-corrected chi connectivity index (χ3v) is 5.29. The fraction of sp³-hybridized carbons (Fsp3) is 0.933. The van der Waals surface area contributed by atoms with Gasteiger partial charge in [0.25, 0.3) is 0 Å². The minimum absolute atomic E-state index is 0.166. The molecule has 2 fully saturated rings. The maximum absolute atomic E-state index is 12.2. The van der Waals surface area contributed by atoms with Gasteiger partial charge in [0.15, 0.2) is 0 Å². The topological polar surface area (TPSA) is 20.3 Å². The Balaban J connectivity index is 1.76. The Morgan fingerprint density at radius 3 is 2.39 bits per heavy atom. The van der Waals surface area contributed by atoms with Gasteiger partial charge in [-0.25, -0.2) is 0 Å². The van der Waals surface area contributed by atoms with Crippen molar-refractivity contribution in [2.24, 2.45) is 5.92 Å². The highest BCUT2D eigenvalue weighted by Crippen LogP contribution is 2.30. The molecule has 2 nitrogen and oxygen atoms in total. The van der Waals surface area contributed by atoms with Crippen molar-refractivity contribution in [3.63, 3.8) is 0 Å². The fourth-order valence-corrected chi connectivity index (χ4v) is 3.94. The first-order valence-corrected chi connectivity index (χ1v) is 8.02. The van der Waals surface area contributed by atoms with E-state index in [0.717, 1.165) is 31.6 Å². The molecule has 2 aliphatic rings. The third kappa shape index (κ3) is 3.63. The lowest BCUT2D eigenvalue weighted by molar-refractivity contribution is -0.132. The van der Waals surface area contributed by atoms with Crippen LogP contribution in [0.15, 0.2) is 0 Å². The molecule has 2 atom stereocenters. The summed E-state index contributed by atoms with van der Waals surface area (Å²) >= 11 is 6.35. The van der Waals surface area contributed by atoms with Gasteiger partial charge in [0.05, 0.1) is 5.38 Å². The third-order valence-electron chi connectivity index (χ3n) is 4.78. The lowest BCUT2D eigenvalue weighted by atomic mass is 9.93. The second-order valence-electron chi connectivity index (χ2n) is 6.06. The summed E-state index contributed by atoms with van der Waals surface area (Å²) in [4.78, 5) is 14.1. The van der Waals surface area contributed by atoms with Gasteiger partial charge in [-0.15, -0.1) is 11.6 Å². The van der Waals surface area contributed by atoms with Gasteiger partial charge >= 0.3 is 0 Å². The van der Waals surface area contributed by atoms with Crippen LogP contribution in [0.4, 0.5) is 0 Å². The Morgan fingerprint density at radius 1 is 1.11 bits per heavy atom. The molecule has 0 heterocycles. The van der Waals surface area contributed by atoms with Gasteiger partial charge in [0.1, 0.15) is 0 Å². The molecule has 0 aliphatic heterocycles. The Hall–Kier alpha value is -0.240. The lowest BCUT2D eigenvalue weighted by Crippen LogP contribution is -2.44. The van der Waals surface area contributed by atoms with Gasteiger partial charge in [-0.05, 0) is 25.2 Å². The van der Waals surface area contributed by atoms with Crippen molar-refractivity contribution in [3.05, 3.63) is 0 Å². The van der Waals surface area contributed by atoms with Crippen LogP contribution in [0.3, 0.4) is 0 Å². The molecule has 2 rings (SSSR count). The molecule has 2 aliphatic carbocycles. The van der Waals surface area contributed by atoms with Crippen LogP contribution < -0.4 is 0 Å². The number of alkyl halides is 1. The predicted octanol–water partition coefficient (Wildman–Crippen LogP) is 3.97. The maximum Gasteiger partial charge on any atom is 0.222 e. The normalized spacial score (nSPS) is 29.4. The van der Waals surface area contributed by atoms with Crippen molar-refractivity contribution in [1.82, 2.24) is 4.90 Å². The summed E-state index contributed by atoms with van der Waals surface area (Å²) in [5.74, 6) is 1.11. The summed E-state index contributed by atoms with van der Waals surface area (Å²) in [5, 5.41) is 0.166. The molecule has 1 amide bonds. The van der Waals surface area contributed by atoms with Crippen LogP contribution in [-0.2, 0) is 4.79 Å². The molecule has 18 heavy (non-hydrogen) atoms. The van der Waals surface area contributed by atoms with Crippen LogP contribution in [0.25, 0.3) is 0 Å². The molecule has 2 saturated carbocycles. The predicted molar refractivity (Wildman–Crippen MR) is 75.9 cm³/mol. The number of nitrogens with zero attached hydrogens (tertiary/aromatic N) is 1. The number of hydrogen-bond donors (Lipinski definition) is 0. The van der Waals surface area contributed by atoms with E-state index in [9.17, 15) is 4.79 Å². The van der Waals surface area contributed by atoms with E-state index in [1.165, 1.54) is 38.5 Å². The van der Waals surface area contributed by atoms with Crippen molar-refractivity contribution in [2.75, 3.05) is 7.05 Å². The van der Waals surface area contributed by atoms with Gasteiger partial charge in [0, 0.05) is 19.5 Å². The van der Waals surface area contributed by atoms with Gasteiger partial charge in [-0.1, -0.05) is 38.5 Å². The molecule has 0 spiro atoms. The van der Waals surface area contributed by atoms with E-state index in [-0.39, 0.29) is 11.4 Å². The Kier molecular flexibility index (Phi) is 5.35. The van der Waals surface area contributed by atoms with E-state index in [1.807, 2.05) is 11.9 Å². The van der Waals surface area contributed by atoms with Crippen molar-refractivity contribution < 1.29 is 4.79 Å². The van der Waals surface area contributed by atoms with Crippen molar-refractivity contribution in [3.8, 4) is 0 Å². The first-order valence-electron chi connectivity index (χ1n) is 7.58. The van der Waals surface area contributed by atoms with E-state index in [0.29, 0.717) is 5.91 Å². The Morgan fingerprint density at radius 2 is 1.72 bits per heavy atom. The van der Waals surface area contributed by atoms with Crippen LogP contribution in [-0.4, -0.2) is 29.3 Å². The summed E-state index contributed by atoms with van der Waals surface area (Å²) in [6.07, 6.45) is 11.8. The molecule has 0 saturated heterocycles. The van der Waals surface area contributed by atoms with E-state index in [1.54, 1.807) is 0 Å². The van der Waals surface area contributed by atoms with E-state index in [4.69, 9.17) is 11.6 Å². The summed E-state index contributed by atoms with van der Waals surface area (Å²) in [7, 11) is 1.95. The number of carbonyl (C=O) groups excluding carboxylic acids is 1. The van der Waals surface area contributed by atoms with Crippen molar-refractivity contribution in [2.45, 2.75) is 75.6 Å². The minimum atomic E-state index is 0.166. The molecule has 0 aromatic heterocycles. The first kappa shape index (κ1) is 14.2. The molecule has 0 bridgehead atoms.